The Kier molecular flexibility index (Phi) is 5.22. The maximum Gasteiger partial charge on any atom is 0.255 e. The third kappa shape index (κ3) is 4.79. The second kappa shape index (κ2) is 7.13. The van der Waals surface area contributed by atoms with Crippen LogP contribution in [0, 0.1) is 6.92 Å². The average Bonchev–Trinajstić information content (AvgIpc) is 2.45. The van der Waals surface area contributed by atoms with Crippen molar-refractivity contribution in [3.05, 3.63) is 58.1 Å². The Labute approximate surface area is 132 Å². The highest BCUT2D eigenvalue weighted by Crippen LogP contribution is 2.21. The van der Waals surface area contributed by atoms with Crippen molar-refractivity contribution >= 4 is 27.5 Å². The van der Waals surface area contributed by atoms with Crippen molar-refractivity contribution in [3.8, 4) is 5.75 Å². The van der Waals surface area contributed by atoms with Crippen LogP contribution in [0.1, 0.15) is 11.1 Å². The first-order valence-electron chi connectivity index (χ1n) is 6.54. The molecule has 3 N–H and O–H groups in total. The second-order valence-corrected chi connectivity index (χ2v) is 5.59. The molecule has 0 atom stereocenters. The molecule has 0 fully saturated rings. The van der Waals surface area contributed by atoms with Crippen molar-refractivity contribution in [2.45, 2.75) is 13.5 Å². The second-order valence-electron chi connectivity index (χ2n) is 4.73. The zero-order valence-corrected chi connectivity index (χ0v) is 13.3. The van der Waals surface area contributed by atoms with Gasteiger partial charge in [0.2, 0.25) is 0 Å². The molecule has 0 aliphatic rings. The largest absolute Gasteiger partial charge is 0.484 e. The first-order valence-corrected chi connectivity index (χ1v) is 7.34. The van der Waals surface area contributed by atoms with Crippen molar-refractivity contribution in [1.82, 2.24) is 0 Å². The summed E-state index contributed by atoms with van der Waals surface area (Å²) in [7, 11) is 0. The summed E-state index contributed by atoms with van der Waals surface area (Å²) >= 11 is 3.56. The number of aryl methyl sites for hydroxylation is 1. The van der Waals surface area contributed by atoms with Gasteiger partial charge in [0.25, 0.3) is 5.91 Å². The van der Waals surface area contributed by atoms with E-state index in [9.17, 15) is 4.79 Å². The van der Waals surface area contributed by atoms with Gasteiger partial charge in [-0.2, -0.15) is 0 Å². The Balaban J connectivity index is 1.99. The van der Waals surface area contributed by atoms with Gasteiger partial charge in [-0.3, -0.25) is 4.79 Å². The Bertz CT molecular complexity index is 644. The number of nitrogens with one attached hydrogen (secondary N) is 1. The Morgan fingerprint density at radius 3 is 2.81 bits per heavy atom. The van der Waals surface area contributed by atoms with E-state index in [2.05, 4.69) is 46.4 Å². The van der Waals surface area contributed by atoms with Crippen molar-refractivity contribution in [2.24, 2.45) is 5.73 Å². The van der Waals surface area contributed by atoms with Crippen LogP contribution in [0.25, 0.3) is 0 Å². The SMILES string of the molecule is Cc1ccc(CNc2cccc(OCC(N)=O)c2)c(Br)c1. The zero-order chi connectivity index (χ0) is 15.2. The lowest BCUT2D eigenvalue weighted by molar-refractivity contribution is -0.119. The van der Waals surface area contributed by atoms with Gasteiger partial charge in [0.15, 0.2) is 6.61 Å². The minimum absolute atomic E-state index is 0.118. The summed E-state index contributed by atoms with van der Waals surface area (Å²) in [6, 6.07) is 13.7. The number of carbonyl (C=O) groups excluding carboxylic acids is 1. The predicted octanol–water partition coefficient (Wildman–Crippen LogP) is 3.23. The Morgan fingerprint density at radius 2 is 2.10 bits per heavy atom. The highest BCUT2D eigenvalue weighted by atomic mass is 79.9. The molecule has 4 nitrogen and oxygen atoms in total. The lowest BCUT2D eigenvalue weighted by Crippen LogP contribution is -2.20. The number of primary amides is 1. The smallest absolute Gasteiger partial charge is 0.255 e. The van der Waals surface area contributed by atoms with Crippen molar-refractivity contribution in [1.29, 1.82) is 0 Å². The van der Waals surface area contributed by atoms with E-state index in [1.807, 2.05) is 18.2 Å². The van der Waals surface area contributed by atoms with Gasteiger partial charge < -0.3 is 15.8 Å². The zero-order valence-electron chi connectivity index (χ0n) is 11.7. The molecule has 0 heterocycles. The van der Waals surface area contributed by atoms with E-state index in [0.717, 1.165) is 10.2 Å². The summed E-state index contributed by atoms with van der Waals surface area (Å²) in [5.74, 6) is 0.124. The van der Waals surface area contributed by atoms with Crippen LogP contribution in [0.3, 0.4) is 0 Å². The van der Waals surface area contributed by atoms with E-state index >= 15 is 0 Å². The molecule has 2 aromatic rings. The predicted molar refractivity (Wildman–Crippen MR) is 87.3 cm³/mol. The van der Waals surface area contributed by atoms with E-state index in [0.29, 0.717) is 12.3 Å². The number of halogens is 1. The van der Waals surface area contributed by atoms with Crippen LogP contribution in [0.15, 0.2) is 46.9 Å². The van der Waals surface area contributed by atoms with E-state index in [1.54, 1.807) is 6.07 Å². The lowest BCUT2D eigenvalue weighted by Gasteiger charge is -2.10. The summed E-state index contributed by atoms with van der Waals surface area (Å²) in [5.41, 5.74) is 8.36. The van der Waals surface area contributed by atoms with Crippen LogP contribution in [0.5, 0.6) is 5.75 Å². The van der Waals surface area contributed by atoms with E-state index in [-0.39, 0.29) is 6.61 Å². The number of anilines is 1. The first kappa shape index (κ1) is 15.4. The molecule has 0 bridgehead atoms. The fourth-order valence-corrected chi connectivity index (χ4v) is 2.48. The Hall–Kier alpha value is -2.01. The third-order valence-corrected chi connectivity index (χ3v) is 3.64. The van der Waals surface area contributed by atoms with Gasteiger partial charge in [-0.05, 0) is 36.2 Å². The van der Waals surface area contributed by atoms with Crippen molar-refractivity contribution in [3.63, 3.8) is 0 Å². The summed E-state index contributed by atoms with van der Waals surface area (Å²) in [6.07, 6.45) is 0. The number of rotatable bonds is 6. The first-order chi connectivity index (χ1) is 10.0. The minimum Gasteiger partial charge on any atom is -0.484 e. The van der Waals surface area contributed by atoms with Gasteiger partial charge in [0.1, 0.15) is 5.75 Å². The van der Waals surface area contributed by atoms with E-state index in [1.165, 1.54) is 11.1 Å². The molecule has 1 amide bonds. The van der Waals surface area contributed by atoms with Gasteiger partial charge >= 0.3 is 0 Å². The molecule has 0 radical (unpaired) electrons. The molecule has 0 aromatic heterocycles. The number of carbonyl (C=O) groups is 1. The topological polar surface area (TPSA) is 64.3 Å². The molecule has 2 rings (SSSR count). The highest BCUT2D eigenvalue weighted by Gasteiger charge is 2.02. The van der Waals surface area contributed by atoms with Crippen LogP contribution in [-0.4, -0.2) is 12.5 Å². The number of benzene rings is 2. The monoisotopic (exact) mass is 348 g/mol. The maximum absolute atomic E-state index is 10.7. The van der Waals surface area contributed by atoms with Gasteiger partial charge in [0.05, 0.1) is 0 Å². The highest BCUT2D eigenvalue weighted by molar-refractivity contribution is 9.10. The Morgan fingerprint density at radius 1 is 1.29 bits per heavy atom. The number of hydrogen-bond donors (Lipinski definition) is 2. The fourth-order valence-electron chi connectivity index (χ4n) is 1.84. The van der Waals surface area contributed by atoms with Crippen LogP contribution in [0.4, 0.5) is 5.69 Å². The van der Waals surface area contributed by atoms with Crippen LogP contribution in [-0.2, 0) is 11.3 Å². The van der Waals surface area contributed by atoms with Gasteiger partial charge in [0, 0.05) is 22.8 Å². The molecule has 0 aliphatic heterocycles. The number of nitrogens with two attached hydrogens (primary N) is 1. The molecule has 0 saturated carbocycles. The molecular weight excluding hydrogens is 332 g/mol. The van der Waals surface area contributed by atoms with Crippen molar-refractivity contribution in [2.75, 3.05) is 11.9 Å². The molecule has 0 spiro atoms. The van der Waals surface area contributed by atoms with E-state index < -0.39 is 5.91 Å². The molecule has 2 aromatic carbocycles. The minimum atomic E-state index is -0.489. The van der Waals surface area contributed by atoms with Crippen LogP contribution >= 0.6 is 15.9 Å². The van der Waals surface area contributed by atoms with Gasteiger partial charge in [-0.1, -0.05) is 34.1 Å². The van der Waals surface area contributed by atoms with E-state index in [4.69, 9.17) is 10.5 Å². The normalized spacial score (nSPS) is 10.2. The van der Waals surface area contributed by atoms with Gasteiger partial charge in [-0.15, -0.1) is 0 Å². The molecular formula is C16H17BrN2O2. The molecule has 5 heteroatoms. The maximum atomic E-state index is 10.7. The summed E-state index contributed by atoms with van der Waals surface area (Å²) < 4.78 is 6.36. The summed E-state index contributed by atoms with van der Waals surface area (Å²) in [5, 5.41) is 3.32. The number of hydrogen-bond acceptors (Lipinski definition) is 3. The third-order valence-electron chi connectivity index (χ3n) is 2.91. The van der Waals surface area contributed by atoms with Crippen LogP contribution < -0.4 is 15.8 Å². The lowest BCUT2D eigenvalue weighted by atomic mass is 10.1. The quantitative estimate of drug-likeness (QED) is 0.842. The van der Waals surface area contributed by atoms with Crippen molar-refractivity contribution < 1.29 is 9.53 Å². The molecule has 0 unspecified atom stereocenters. The molecule has 0 aliphatic carbocycles. The number of amides is 1. The molecule has 21 heavy (non-hydrogen) atoms. The average molecular weight is 349 g/mol. The molecule has 110 valence electrons. The number of ether oxygens (including phenoxy) is 1. The summed E-state index contributed by atoms with van der Waals surface area (Å²) in [4.78, 5) is 10.7. The van der Waals surface area contributed by atoms with Gasteiger partial charge in [-0.25, -0.2) is 0 Å². The standard InChI is InChI=1S/C16H17BrN2O2/c1-11-5-6-12(15(17)7-11)9-19-13-3-2-4-14(8-13)21-10-16(18)20/h2-8,19H,9-10H2,1H3,(H2,18,20). The fraction of sp³-hybridized carbons (Fsp3) is 0.188. The van der Waals surface area contributed by atoms with Crippen LogP contribution in [0.2, 0.25) is 0 Å². The molecule has 0 saturated heterocycles. The summed E-state index contributed by atoms with van der Waals surface area (Å²) in [6.45, 7) is 2.63.